The molecule has 2 saturated heterocycles. The lowest BCUT2D eigenvalue weighted by atomic mass is 10.2. The first-order valence-electron chi connectivity index (χ1n) is 9.05. The van der Waals surface area contributed by atoms with Crippen molar-refractivity contribution in [3.63, 3.8) is 0 Å². The molecular formula is C21H20FN3O2S. The third-order valence-corrected chi connectivity index (χ3v) is 5.71. The maximum absolute atomic E-state index is 13.9. The number of rotatable bonds is 3. The van der Waals surface area contributed by atoms with Crippen LogP contribution in [0.2, 0.25) is 0 Å². The number of carbonyl (C=O) groups is 1. The van der Waals surface area contributed by atoms with Gasteiger partial charge in [-0.25, -0.2) is 9.38 Å². The summed E-state index contributed by atoms with van der Waals surface area (Å²) in [7, 11) is 1.68. The molecule has 0 aromatic heterocycles. The van der Waals surface area contributed by atoms with Gasteiger partial charge in [0.1, 0.15) is 5.82 Å². The molecule has 7 heteroatoms. The molecule has 4 rings (SSSR count). The van der Waals surface area contributed by atoms with Crippen LogP contribution in [0, 0.1) is 5.82 Å². The first kappa shape index (κ1) is 18.7. The van der Waals surface area contributed by atoms with Crippen molar-refractivity contribution in [3.05, 3.63) is 64.8 Å². The van der Waals surface area contributed by atoms with Crippen LogP contribution in [0.25, 0.3) is 6.08 Å². The molecular weight excluding hydrogens is 377 g/mol. The van der Waals surface area contributed by atoms with Crippen molar-refractivity contribution in [1.82, 2.24) is 4.90 Å². The van der Waals surface area contributed by atoms with Crippen LogP contribution in [-0.2, 0) is 9.53 Å². The second kappa shape index (κ2) is 8.16. The molecule has 0 atom stereocenters. The monoisotopic (exact) mass is 397 g/mol. The summed E-state index contributed by atoms with van der Waals surface area (Å²) in [6.45, 7) is 3.24. The van der Waals surface area contributed by atoms with Gasteiger partial charge in [0, 0.05) is 31.4 Å². The summed E-state index contributed by atoms with van der Waals surface area (Å²) in [6.07, 6.45) is 1.57. The van der Waals surface area contributed by atoms with E-state index in [4.69, 9.17) is 4.74 Å². The fourth-order valence-electron chi connectivity index (χ4n) is 3.06. The number of morpholine rings is 1. The number of likely N-dealkylation sites (N-methyl/N-ethyl adjacent to an activating group) is 1. The van der Waals surface area contributed by atoms with Gasteiger partial charge < -0.3 is 9.64 Å². The van der Waals surface area contributed by atoms with Crippen LogP contribution in [0.15, 0.2) is 58.4 Å². The number of halogens is 1. The quantitative estimate of drug-likeness (QED) is 0.737. The van der Waals surface area contributed by atoms with Crippen molar-refractivity contribution in [2.75, 3.05) is 38.3 Å². The summed E-state index contributed by atoms with van der Waals surface area (Å²) in [5.41, 5.74) is 2.30. The molecule has 5 nitrogen and oxygen atoms in total. The molecule has 2 aromatic rings. The van der Waals surface area contributed by atoms with E-state index in [2.05, 4.69) is 9.89 Å². The van der Waals surface area contributed by atoms with Gasteiger partial charge in [-0.1, -0.05) is 18.2 Å². The number of benzene rings is 2. The smallest absolute Gasteiger partial charge is 0.266 e. The van der Waals surface area contributed by atoms with Crippen molar-refractivity contribution >= 4 is 40.3 Å². The van der Waals surface area contributed by atoms with Crippen molar-refractivity contribution in [3.8, 4) is 0 Å². The van der Waals surface area contributed by atoms with Gasteiger partial charge >= 0.3 is 0 Å². The van der Waals surface area contributed by atoms with Crippen LogP contribution in [0.1, 0.15) is 5.56 Å². The Morgan fingerprint density at radius 2 is 1.82 bits per heavy atom. The summed E-state index contributed by atoms with van der Waals surface area (Å²) in [4.78, 5) is 21.3. The second-order valence-corrected chi connectivity index (χ2v) is 7.52. The molecule has 0 aliphatic carbocycles. The first-order valence-corrected chi connectivity index (χ1v) is 9.87. The zero-order chi connectivity index (χ0) is 19.5. The molecule has 2 fully saturated rings. The number of thioether (sulfide) groups is 1. The highest BCUT2D eigenvalue weighted by Crippen LogP contribution is 2.33. The van der Waals surface area contributed by atoms with E-state index in [-0.39, 0.29) is 11.7 Å². The highest BCUT2D eigenvalue weighted by molar-refractivity contribution is 8.18. The Balaban J connectivity index is 1.53. The van der Waals surface area contributed by atoms with E-state index in [9.17, 15) is 9.18 Å². The van der Waals surface area contributed by atoms with Gasteiger partial charge in [-0.05, 0) is 48.2 Å². The topological polar surface area (TPSA) is 45.1 Å². The van der Waals surface area contributed by atoms with Gasteiger partial charge in [-0.15, -0.1) is 0 Å². The minimum Gasteiger partial charge on any atom is -0.378 e. The number of carbonyl (C=O) groups excluding carboxylic acids is 1. The lowest BCUT2D eigenvalue weighted by Gasteiger charge is -2.28. The molecule has 2 aromatic carbocycles. The summed E-state index contributed by atoms with van der Waals surface area (Å²) < 4.78 is 19.3. The Labute approximate surface area is 167 Å². The largest absolute Gasteiger partial charge is 0.378 e. The van der Waals surface area contributed by atoms with Crippen molar-refractivity contribution in [1.29, 1.82) is 0 Å². The third-order valence-electron chi connectivity index (χ3n) is 4.65. The van der Waals surface area contributed by atoms with E-state index in [1.165, 1.54) is 22.7 Å². The van der Waals surface area contributed by atoms with Crippen LogP contribution in [0.3, 0.4) is 0 Å². The Kier molecular flexibility index (Phi) is 5.45. The van der Waals surface area contributed by atoms with Crippen molar-refractivity contribution in [2.24, 2.45) is 4.99 Å². The van der Waals surface area contributed by atoms with Gasteiger partial charge in [0.05, 0.1) is 23.8 Å². The van der Waals surface area contributed by atoms with Crippen LogP contribution in [0.4, 0.5) is 15.8 Å². The highest BCUT2D eigenvalue weighted by Gasteiger charge is 2.30. The van der Waals surface area contributed by atoms with E-state index >= 15 is 0 Å². The number of aliphatic imine (C=N–C) groups is 1. The van der Waals surface area contributed by atoms with Gasteiger partial charge in [0.2, 0.25) is 0 Å². The molecule has 28 heavy (non-hydrogen) atoms. The number of amides is 1. The van der Waals surface area contributed by atoms with E-state index in [1.807, 2.05) is 24.3 Å². The SMILES string of the molecule is CN1C(=O)/C(=C\c2ccccc2F)SC1=Nc1ccc(N2CCOCC2)cc1. The predicted octanol–water partition coefficient (Wildman–Crippen LogP) is 3.90. The first-order chi connectivity index (χ1) is 13.6. The van der Waals surface area contributed by atoms with Gasteiger partial charge in [-0.3, -0.25) is 9.69 Å². The molecule has 0 spiro atoms. The lowest BCUT2D eigenvalue weighted by Crippen LogP contribution is -2.36. The molecule has 144 valence electrons. The summed E-state index contributed by atoms with van der Waals surface area (Å²) in [6, 6.07) is 14.3. The minimum atomic E-state index is -0.352. The fourth-order valence-corrected chi connectivity index (χ4v) is 4.03. The van der Waals surface area contributed by atoms with E-state index in [0.717, 1.165) is 37.7 Å². The molecule has 2 aliphatic rings. The van der Waals surface area contributed by atoms with Crippen molar-refractivity contribution < 1.29 is 13.9 Å². The molecule has 1 amide bonds. The molecule has 0 unspecified atom stereocenters. The van der Waals surface area contributed by atoms with Gasteiger partial charge in [0.25, 0.3) is 5.91 Å². The zero-order valence-corrected chi connectivity index (χ0v) is 16.3. The third kappa shape index (κ3) is 3.95. The average molecular weight is 397 g/mol. The zero-order valence-electron chi connectivity index (χ0n) is 15.5. The lowest BCUT2D eigenvalue weighted by molar-refractivity contribution is -0.121. The second-order valence-electron chi connectivity index (χ2n) is 6.51. The maximum Gasteiger partial charge on any atom is 0.266 e. The van der Waals surface area contributed by atoms with Gasteiger partial charge in [0.15, 0.2) is 5.17 Å². The van der Waals surface area contributed by atoms with Crippen LogP contribution in [-0.4, -0.2) is 49.3 Å². The number of ether oxygens (including phenoxy) is 1. The molecule has 0 bridgehead atoms. The Bertz CT molecular complexity index is 937. The van der Waals surface area contributed by atoms with Crippen molar-refractivity contribution in [2.45, 2.75) is 0 Å². The Morgan fingerprint density at radius 3 is 2.54 bits per heavy atom. The number of amidine groups is 1. The van der Waals surface area contributed by atoms with Crippen LogP contribution >= 0.6 is 11.8 Å². The van der Waals surface area contributed by atoms with Crippen LogP contribution < -0.4 is 4.90 Å². The van der Waals surface area contributed by atoms with E-state index in [0.29, 0.717) is 15.6 Å². The van der Waals surface area contributed by atoms with Gasteiger partial charge in [-0.2, -0.15) is 0 Å². The fraction of sp³-hybridized carbons (Fsp3) is 0.238. The van der Waals surface area contributed by atoms with E-state index in [1.54, 1.807) is 31.3 Å². The van der Waals surface area contributed by atoms with Crippen LogP contribution in [0.5, 0.6) is 0 Å². The minimum absolute atomic E-state index is 0.183. The highest BCUT2D eigenvalue weighted by atomic mass is 32.2. The van der Waals surface area contributed by atoms with E-state index < -0.39 is 0 Å². The Hall–Kier alpha value is -2.64. The average Bonchev–Trinajstić information content (AvgIpc) is 2.99. The molecule has 2 heterocycles. The summed E-state index contributed by atoms with van der Waals surface area (Å²) in [5, 5.41) is 0.576. The summed E-state index contributed by atoms with van der Waals surface area (Å²) in [5.74, 6) is -0.535. The molecule has 0 radical (unpaired) electrons. The number of hydrogen-bond donors (Lipinski definition) is 0. The maximum atomic E-state index is 13.9. The Morgan fingerprint density at radius 1 is 1.11 bits per heavy atom. The standard InChI is InChI=1S/C21H20FN3O2S/c1-24-20(26)19(14-15-4-2-3-5-18(15)22)28-21(24)23-16-6-8-17(9-7-16)25-10-12-27-13-11-25/h2-9,14H,10-13H2,1H3/b19-14+,23-21?. The number of hydrogen-bond acceptors (Lipinski definition) is 5. The molecule has 0 saturated carbocycles. The number of nitrogens with zero attached hydrogens (tertiary/aromatic N) is 3. The predicted molar refractivity (Wildman–Crippen MR) is 111 cm³/mol. The molecule has 2 aliphatic heterocycles. The normalized spacial score (nSPS) is 20.4. The molecule has 0 N–H and O–H groups in total. The summed E-state index contributed by atoms with van der Waals surface area (Å²) >= 11 is 1.25. The number of anilines is 1.